The number of benzene rings is 1. The zero-order valence-corrected chi connectivity index (χ0v) is 14.5. The van der Waals surface area contributed by atoms with Gasteiger partial charge in [0.05, 0.1) is 0 Å². The molecule has 1 rings (SSSR count). The lowest BCUT2D eigenvalue weighted by molar-refractivity contribution is 0.110. The fourth-order valence-corrected chi connectivity index (χ4v) is 2.51. The normalized spacial score (nSPS) is 12.8. The van der Waals surface area contributed by atoms with E-state index < -0.39 is 0 Å². The second-order valence-corrected chi connectivity index (χ2v) is 6.53. The van der Waals surface area contributed by atoms with Gasteiger partial charge in [-0.25, -0.2) is 0 Å². The Morgan fingerprint density at radius 1 is 1.19 bits per heavy atom. The van der Waals surface area contributed by atoms with E-state index in [1.807, 2.05) is 12.1 Å². The third kappa shape index (κ3) is 9.13. The van der Waals surface area contributed by atoms with Crippen LogP contribution >= 0.6 is 11.6 Å². The van der Waals surface area contributed by atoms with Gasteiger partial charge in [0.15, 0.2) is 0 Å². The van der Waals surface area contributed by atoms with Crippen molar-refractivity contribution in [1.82, 2.24) is 5.32 Å². The van der Waals surface area contributed by atoms with Crippen molar-refractivity contribution in [1.29, 1.82) is 0 Å². The van der Waals surface area contributed by atoms with Gasteiger partial charge in [0.2, 0.25) is 0 Å². The molecule has 0 heterocycles. The standard InChI is InChI=1S/C18H30ClNO/c1-4-20-14-17(9-11-21-10-8-15(2)3)12-16-6-5-7-18(19)13-16/h5-7,13,15,17,20H,4,8-12,14H2,1-3H3. The van der Waals surface area contributed by atoms with Crippen molar-refractivity contribution in [3.63, 3.8) is 0 Å². The summed E-state index contributed by atoms with van der Waals surface area (Å²) in [5, 5.41) is 4.28. The van der Waals surface area contributed by atoms with Gasteiger partial charge in [0.1, 0.15) is 0 Å². The average Bonchev–Trinajstić information content (AvgIpc) is 2.43. The van der Waals surface area contributed by atoms with E-state index in [0.29, 0.717) is 11.8 Å². The molecular weight excluding hydrogens is 282 g/mol. The van der Waals surface area contributed by atoms with Gasteiger partial charge in [-0.1, -0.05) is 44.5 Å². The Hall–Kier alpha value is -0.570. The molecule has 1 aromatic carbocycles. The SMILES string of the molecule is CCNCC(CCOCCC(C)C)Cc1cccc(Cl)c1. The van der Waals surface area contributed by atoms with E-state index in [4.69, 9.17) is 16.3 Å². The largest absolute Gasteiger partial charge is 0.381 e. The first kappa shape index (κ1) is 18.5. The van der Waals surface area contributed by atoms with Crippen LogP contribution in [0.25, 0.3) is 0 Å². The summed E-state index contributed by atoms with van der Waals surface area (Å²) in [6, 6.07) is 8.19. The molecule has 0 saturated heterocycles. The zero-order chi connectivity index (χ0) is 15.5. The van der Waals surface area contributed by atoms with Crippen molar-refractivity contribution in [2.24, 2.45) is 11.8 Å². The molecule has 120 valence electrons. The highest BCUT2D eigenvalue weighted by molar-refractivity contribution is 6.30. The monoisotopic (exact) mass is 311 g/mol. The molecule has 0 aliphatic carbocycles. The van der Waals surface area contributed by atoms with Gasteiger partial charge < -0.3 is 10.1 Å². The molecule has 1 atom stereocenters. The van der Waals surface area contributed by atoms with E-state index in [-0.39, 0.29) is 0 Å². The van der Waals surface area contributed by atoms with E-state index >= 15 is 0 Å². The third-order valence-electron chi connectivity index (χ3n) is 3.61. The summed E-state index contributed by atoms with van der Waals surface area (Å²) >= 11 is 6.07. The molecule has 3 heteroatoms. The van der Waals surface area contributed by atoms with E-state index in [1.54, 1.807) is 0 Å². The predicted octanol–water partition coefficient (Wildman–Crippen LogP) is 4.56. The maximum absolute atomic E-state index is 6.07. The molecule has 0 amide bonds. The van der Waals surface area contributed by atoms with Crippen LogP contribution in [0, 0.1) is 11.8 Å². The lowest BCUT2D eigenvalue weighted by Gasteiger charge is -2.18. The Morgan fingerprint density at radius 2 is 1.95 bits per heavy atom. The Kier molecular flexibility index (Phi) is 9.73. The van der Waals surface area contributed by atoms with Gasteiger partial charge in [0, 0.05) is 18.2 Å². The molecule has 0 fully saturated rings. The van der Waals surface area contributed by atoms with Crippen LogP contribution in [0.1, 0.15) is 39.2 Å². The van der Waals surface area contributed by atoms with E-state index in [2.05, 4.69) is 38.2 Å². The van der Waals surface area contributed by atoms with Crippen LogP contribution in [0.4, 0.5) is 0 Å². The second-order valence-electron chi connectivity index (χ2n) is 6.09. The van der Waals surface area contributed by atoms with Crippen molar-refractivity contribution < 1.29 is 4.74 Å². The number of ether oxygens (including phenoxy) is 1. The summed E-state index contributed by atoms with van der Waals surface area (Å²) in [5.74, 6) is 1.32. The van der Waals surface area contributed by atoms with Crippen LogP contribution in [-0.2, 0) is 11.2 Å². The van der Waals surface area contributed by atoms with Crippen LogP contribution < -0.4 is 5.32 Å². The van der Waals surface area contributed by atoms with Crippen molar-refractivity contribution >= 4 is 11.6 Å². The minimum atomic E-state index is 0.600. The fraction of sp³-hybridized carbons (Fsp3) is 0.667. The number of hydrogen-bond acceptors (Lipinski definition) is 2. The van der Waals surface area contributed by atoms with Gasteiger partial charge in [-0.15, -0.1) is 0 Å². The number of halogens is 1. The van der Waals surface area contributed by atoms with E-state index in [1.165, 1.54) is 5.56 Å². The summed E-state index contributed by atoms with van der Waals surface area (Å²) in [4.78, 5) is 0. The minimum absolute atomic E-state index is 0.600. The van der Waals surface area contributed by atoms with Gasteiger partial charge >= 0.3 is 0 Å². The smallest absolute Gasteiger partial charge is 0.0469 e. The molecule has 0 aliphatic rings. The first-order chi connectivity index (χ1) is 10.1. The van der Waals surface area contributed by atoms with E-state index in [9.17, 15) is 0 Å². The number of nitrogens with one attached hydrogen (secondary N) is 1. The van der Waals surface area contributed by atoms with Crippen LogP contribution in [0.15, 0.2) is 24.3 Å². The van der Waals surface area contributed by atoms with Crippen LogP contribution in [-0.4, -0.2) is 26.3 Å². The van der Waals surface area contributed by atoms with Crippen LogP contribution in [0.3, 0.4) is 0 Å². The highest BCUT2D eigenvalue weighted by Crippen LogP contribution is 2.16. The zero-order valence-electron chi connectivity index (χ0n) is 13.7. The average molecular weight is 312 g/mol. The third-order valence-corrected chi connectivity index (χ3v) is 3.84. The number of rotatable bonds is 11. The maximum Gasteiger partial charge on any atom is 0.0469 e. The lowest BCUT2D eigenvalue weighted by Crippen LogP contribution is -2.25. The maximum atomic E-state index is 6.07. The first-order valence-corrected chi connectivity index (χ1v) is 8.52. The minimum Gasteiger partial charge on any atom is -0.381 e. The first-order valence-electron chi connectivity index (χ1n) is 8.14. The molecule has 21 heavy (non-hydrogen) atoms. The van der Waals surface area contributed by atoms with Gasteiger partial charge in [-0.2, -0.15) is 0 Å². The highest BCUT2D eigenvalue weighted by atomic mass is 35.5. The molecule has 0 bridgehead atoms. The summed E-state index contributed by atoms with van der Waals surface area (Å²) in [6.45, 7) is 10.4. The van der Waals surface area contributed by atoms with Gasteiger partial charge in [-0.05, 0) is 61.9 Å². The molecule has 1 unspecified atom stereocenters. The van der Waals surface area contributed by atoms with Crippen molar-refractivity contribution in [2.45, 2.75) is 40.0 Å². The Labute approximate surface area is 135 Å². The summed E-state index contributed by atoms with van der Waals surface area (Å²) < 4.78 is 5.76. The quantitative estimate of drug-likeness (QED) is 0.605. The second kappa shape index (κ2) is 11.1. The van der Waals surface area contributed by atoms with Crippen molar-refractivity contribution in [3.8, 4) is 0 Å². The van der Waals surface area contributed by atoms with Crippen molar-refractivity contribution in [2.75, 3.05) is 26.3 Å². The van der Waals surface area contributed by atoms with Crippen LogP contribution in [0.5, 0.6) is 0 Å². The number of hydrogen-bond donors (Lipinski definition) is 1. The van der Waals surface area contributed by atoms with Gasteiger partial charge in [-0.3, -0.25) is 0 Å². The molecule has 0 radical (unpaired) electrons. The molecule has 0 aromatic heterocycles. The summed E-state index contributed by atoms with van der Waals surface area (Å²) in [5.41, 5.74) is 1.31. The Balaban J connectivity index is 2.36. The molecule has 2 nitrogen and oxygen atoms in total. The van der Waals surface area contributed by atoms with Gasteiger partial charge in [0.25, 0.3) is 0 Å². The van der Waals surface area contributed by atoms with Crippen molar-refractivity contribution in [3.05, 3.63) is 34.9 Å². The Morgan fingerprint density at radius 3 is 2.62 bits per heavy atom. The fourth-order valence-electron chi connectivity index (χ4n) is 2.29. The highest BCUT2D eigenvalue weighted by Gasteiger charge is 2.10. The topological polar surface area (TPSA) is 21.3 Å². The molecule has 0 spiro atoms. The summed E-state index contributed by atoms with van der Waals surface area (Å²) in [7, 11) is 0. The molecule has 0 aliphatic heterocycles. The molecule has 0 saturated carbocycles. The predicted molar refractivity (Wildman–Crippen MR) is 92.1 cm³/mol. The lowest BCUT2D eigenvalue weighted by atomic mass is 9.96. The molecule has 1 aromatic rings. The van der Waals surface area contributed by atoms with E-state index in [0.717, 1.165) is 50.6 Å². The molecular formula is C18H30ClNO. The summed E-state index contributed by atoms with van der Waals surface area (Å²) in [6.07, 6.45) is 3.30. The molecule has 1 N–H and O–H groups in total. The van der Waals surface area contributed by atoms with Crippen LogP contribution in [0.2, 0.25) is 5.02 Å². The Bertz CT molecular complexity index is 381.